The van der Waals surface area contributed by atoms with Crippen LogP contribution < -0.4 is 10.2 Å². The average Bonchev–Trinajstić information content (AvgIpc) is 3.07. The van der Waals surface area contributed by atoms with Gasteiger partial charge in [-0.3, -0.25) is 9.59 Å². The molecule has 1 heterocycles. The summed E-state index contributed by atoms with van der Waals surface area (Å²) in [5.41, 5.74) is 0.878. The van der Waals surface area contributed by atoms with Gasteiger partial charge in [0.1, 0.15) is 0 Å². The van der Waals surface area contributed by atoms with Gasteiger partial charge in [0.2, 0.25) is 5.91 Å². The Kier molecular flexibility index (Phi) is 5.91. The number of ether oxygens (including phenoxy) is 1. The number of anilines is 1. The van der Waals surface area contributed by atoms with Crippen molar-refractivity contribution in [2.24, 2.45) is 5.92 Å². The summed E-state index contributed by atoms with van der Waals surface area (Å²) in [7, 11) is 0. The van der Waals surface area contributed by atoms with Crippen LogP contribution in [0.4, 0.5) is 5.69 Å². The Bertz CT molecular complexity index is 688. The van der Waals surface area contributed by atoms with Crippen LogP contribution in [0.3, 0.4) is 0 Å². The third-order valence-electron chi connectivity index (χ3n) is 5.28. The van der Waals surface area contributed by atoms with Crippen molar-refractivity contribution < 1.29 is 19.1 Å². The van der Waals surface area contributed by atoms with Crippen molar-refractivity contribution in [3.63, 3.8) is 0 Å². The Morgan fingerprint density at radius 3 is 2.69 bits per heavy atom. The number of para-hydroxylation sites is 1. The molecule has 1 N–H and O–H groups in total. The van der Waals surface area contributed by atoms with Gasteiger partial charge >= 0.3 is 5.97 Å². The van der Waals surface area contributed by atoms with Crippen LogP contribution in [0.15, 0.2) is 24.3 Å². The van der Waals surface area contributed by atoms with Gasteiger partial charge in [-0.2, -0.15) is 0 Å². The molecule has 3 rings (SSSR count). The van der Waals surface area contributed by atoms with Crippen molar-refractivity contribution in [2.45, 2.75) is 51.5 Å². The van der Waals surface area contributed by atoms with E-state index in [1.54, 1.807) is 29.2 Å². The molecule has 2 amide bonds. The molecule has 2 atom stereocenters. The Morgan fingerprint density at radius 1 is 1.19 bits per heavy atom. The highest BCUT2D eigenvalue weighted by Gasteiger charge is 2.27. The molecule has 0 bridgehead atoms. The summed E-state index contributed by atoms with van der Waals surface area (Å²) in [6, 6.07) is 7.04. The molecule has 1 aromatic carbocycles. The zero-order valence-electron chi connectivity index (χ0n) is 15.2. The topological polar surface area (TPSA) is 75.7 Å². The SMILES string of the molecule is C[C@@H]1CCCC[C@H]1NC(=O)COC(=O)c1ccccc1N1CCCC1=O. The van der Waals surface area contributed by atoms with Crippen molar-refractivity contribution >= 4 is 23.5 Å². The molecule has 0 aromatic heterocycles. The summed E-state index contributed by atoms with van der Waals surface area (Å²) in [4.78, 5) is 38.2. The third-order valence-corrected chi connectivity index (χ3v) is 5.28. The van der Waals surface area contributed by atoms with Crippen molar-refractivity contribution in [1.82, 2.24) is 5.32 Å². The first-order chi connectivity index (χ1) is 12.6. The van der Waals surface area contributed by atoms with E-state index in [0.717, 1.165) is 25.7 Å². The molecule has 0 radical (unpaired) electrons. The van der Waals surface area contributed by atoms with Gasteiger partial charge in [0, 0.05) is 19.0 Å². The summed E-state index contributed by atoms with van der Waals surface area (Å²) < 4.78 is 5.21. The molecule has 2 aliphatic rings. The zero-order valence-corrected chi connectivity index (χ0v) is 15.2. The van der Waals surface area contributed by atoms with Crippen LogP contribution in [0.25, 0.3) is 0 Å². The second-order valence-electron chi connectivity index (χ2n) is 7.18. The first kappa shape index (κ1) is 18.4. The van der Waals surface area contributed by atoms with Crippen LogP contribution in [0, 0.1) is 5.92 Å². The Hall–Kier alpha value is -2.37. The highest BCUT2D eigenvalue weighted by molar-refractivity contribution is 6.03. The van der Waals surface area contributed by atoms with E-state index in [-0.39, 0.29) is 24.5 Å². The number of nitrogens with one attached hydrogen (secondary N) is 1. The minimum absolute atomic E-state index is 0.00859. The van der Waals surface area contributed by atoms with E-state index in [9.17, 15) is 14.4 Å². The van der Waals surface area contributed by atoms with Gasteiger partial charge in [-0.25, -0.2) is 4.79 Å². The van der Waals surface area contributed by atoms with Crippen LogP contribution in [0.5, 0.6) is 0 Å². The first-order valence-electron chi connectivity index (χ1n) is 9.42. The molecule has 6 nitrogen and oxygen atoms in total. The normalized spacial score (nSPS) is 23.0. The fourth-order valence-electron chi connectivity index (χ4n) is 3.77. The maximum Gasteiger partial charge on any atom is 0.340 e. The molecule has 26 heavy (non-hydrogen) atoms. The van der Waals surface area contributed by atoms with Crippen LogP contribution in [-0.4, -0.2) is 37.0 Å². The maximum atomic E-state index is 12.4. The molecule has 1 aliphatic heterocycles. The Morgan fingerprint density at radius 2 is 1.96 bits per heavy atom. The van der Waals surface area contributed by atoms with Crippen LogP contribution >= 0.6 is 0 Å². The summed E-state index contributed by atoms with van der Waals surface area (Å²) in [5, 5.41) is 2.97. The lowest BCUT2D eigenvalue weighted by Gasteiger charge is -2.29. The summed E-state index contributed by atoms with van der Waals surface area (Å²) >= 11 is 0. The van der Waals surface area contributed by atoms with E-state index in [4.69, 9.17) is 4.74 Å². The minimum atomic E-state index is -0.577. The van der Waals surface area contributed by atoms with E-state index in [1.807, 2.05) is 0 Å². The van der Waals surface area contributed by atoms with Crippen molar-refractivity contribution in [1.29, 1.82) is 0 Å². The molecule has 0 unspecified atom stereocenters. The fraction of sp³-hybridized carbons (Fsp3) is 0.550. The van der Waals surface area contributed by atoms with E-state index in [2.05, 4.69) is 12.2 Å². The molecule has 1 aliphatic carbocycles. The number of nitrogens with zero attached hydrogens (tertiary/aromatic N) is 1. The minimum Gasteiger partial charge on any atom is -0.452 e. The predicted molar refractivity (Wildman–Crippen MR) is 97.9 cm³/mol. The van der Waals surface area contributed by atoms with Gasteiger partial charge in [-0.1, -0.05) is 31.9 Å². The quantitative estimate of drug-likeness (QED) is 0.821. The standard InChI is InChI=1S/C20H26N2O4/c1-14-7-2-4-9-16(14)21-18(23)13-26-20(25)15-8-3-5-10-17(15)22-12-6-11-19(22)24/h3,5,8,10,14,16H,2,4,6-7,9,11-13H2,1H3,(H,21,23)/t14-,16-/m1/s1. The highest BCUT2D eigenvalue weighted by Crippen LogP contribution is 2.26. The predicted octanol–water partition coefficient (Wildman–Crippen LogP) is 2.67. The van der Waals surface area contributed by atoms with Crippen LogP contribution in [0.1, 0.15) is 55.8 Å². The second-order valence-corrected chi connectivity index (χ2v) is 7.18. The van der Waals surface area contributed by atoms with Gasteiger partial charge < -0.3 is 15.0 Å². The third kappa shape index (κ3) is 4.23. The zero-order chi connectivity index (χ0) is 18.5. The van der Waals surface area contributed by atoms with Gasteiger partial charge in [0.25, 0.3) is 5.91 Å². The molecule has 1 saturated carbocycles. The monoisotopic (exact) mass is 358 g/mol. The van der Waals surface area contributed by atoms with Gasteiger partial charge in [0.15, 0.2) is 6.61 Å². The second kappa shape index (κ2) is 8.34. The lowest BCUT2D eigenvalue weighted by Crippen LogP contribution is -2.42. The Balaban J connectivity index is 1.58. The molecule has 0 spiro atoms. The molecule has 1 aromatic rings. The van der Waals surface area contributed by atoms with Gasteiger partial charge in [0.05, 0.1) is 11.3 Å². The average molecular weight is 358 g/mol. The number of carbonyl (C=O) groups excluding carboxylic acids is 3. The van der Waals surface area contributed by atoms with E-state index < -0.39 is 5.97 Å². The number of hydrogen-bond acceptors (Lipinski definition) is 4. The number of hydrogen-bond donors (Lipinski definition) is 1. The number of rotatable bonds is 5. The van der Waals surface area contributed by atoms with Gasteiger partial charge in [-0.05, 0) is 37.3 Å². The molecule has 6 heteroatoms. The summed E-state index contributed by atoms with van der Waals surface area (Å²) in [6.45, 7) is 2.44. The van der Waals surface area contributed by atoms with Crippen molar-refractivity contribution in [2.75, 3.05) is 18.1 Å². The summed E-state index contributed by atoms with van der Waals surface area (Å²) in [5.74, 6) is -0.390. The molecular formula is C20H26N2O4. The Labute approximate surface area is 153 Å². The van der Waals surface area contributed by atoms with Gasteiger partial charge in [-0.15, -0.1) is 0 Å². The highest BCUT2D eigenvalue weighted by atomic mass is 16.5. The van der Waals surface area contributed by atoms with Crippen LogP contribution in [0.2, 0.25) is 0 Å². The maximum absolute atomic E-state index is 12.4. The smallest absolute Gasteiger partial charge is 0.340 e. The van der Waals surface area contributed by atoms with E-state index in [1.165, 1.54) is 6.42 Å². The lowest BCUT2D eigenvalue weighted by atomic mass is 9.86. The molecular weight excluding hydrogens is 332 g/mol. The van der Waals surface area contributed by atoms with Crippen molar-refractivity contribution in [3.05, 3.63) is 29.8 Å². The molecule has 2 fully saturated rings. The lowest BCUT2D eigenvalue weighted by molar-refractivity contribution is -0.125. The van der Waals surface area contributed by atoms with Crippen molar-refractivity contribution in [3.8, 4) is 0 Å². The largest absolute Gasteiger partial charge is 0.452 e. The number of amides is 2. The van der Waals surface area contributed by atoms with E-state index >= 15 is 0 Å². The summed E-state index contributed by atoms with van der Waals surface area (Å²) in [6.07, 6.45) is 5.68. The molecule has 1 saturated heterocycles. The number of benzene rings is 1. The van der Waals surface area contributed by atoms with Crippen LogP contribution in [-0.2, 0) is 14.3 Å². The first-order valence-corrected chi connectivity index (χ1v) is 9.42. The number of carbonyl (C=O) groups is 3. The van der Waals surface area contributed by atoms with E-state index in [0.29, 0.717) is 30.1 Å². The molecule has 140 valence electrons. The number of esters is 1. The fourth-order valence-corrected chi connectivity index (χ4v) is 3.77.